The van der Waals surface area contributed by atoms with Crippen LogP contribution in [-0.4, -0.2) is 68.4 Å². The summed E-state index contributed by atoms with van der Waals surface area (Å²) in [6, 6.07) is 0. The molecule has 2 fully saturated rings. The Morgan fingerprint density at radius 2 is 2.10 bits per heavy atom. The number of amides is 1. The summed E-state index contributed by atoms with van der Waals surface area (Å²) in [5, 5.41) is 2.99. The molecule has 1 aliphatic carbocycles. The standard InChI is InChI=1S/C15H29N3O3/c1-4-21-12-11-15(16,14(12,2)3)13(19)17-5-6-18-7-9-20-10-8-18/h12H,4-11,16H2,1-3H3,(H,17,19). The number of carbonyl (C=O) groups excluding carboxylic acids is 1. The first-order chi connectivity index (χ1) is 9.91. The highest BCUT2D eigenvalue weighted by Gasteiger charge is 2.62. The molecule has 2 unspecified atom stereocenters. The average molecular weight is 299 g/mol. The van der Waals surface area contributed by atoms with Gasteiger partial charge in [0.15, 0.2) is 0 Å². The third-order valence-electron chi connectivity index (χ3n) is 5.05. The van der Waals surface area contributed by atoms with Crippen LogP contribution in [0.25, 0.3) is 0 Å². The lowest BCUT2D eigenvalue weighted by molar-refractivity contribution is -0.170. The molecule has 2 atom stereocenters. The van der Waals surface area contributed by atoms with Gasteiger partial charge in [0.05, 0.1) is 19.3 Å². The van der Waals surface area contributed by atoms with Gasteiger partial charge in [-0.05, 0) is 6.92 Å². The van der Waals surface area contributed by atoms with Gasteiger partial charge in [-0.2, -0.15) is 0 Å². The molecular formula is C15H29N3O3. The predicted molar refractivity (Wildman–Crippen MR) is 81.0 cm³/mol. The maximum Gasteiger partial charge on any atom is 0.240 e. The Balaban J connectivity index is 1.77. The van der Waals surface area contributed by atoms with Gasteiger partial charge < -0.3 is 20.5 Å². The van der Waals surface area contributed by atoms with Gasteiger partial charge in [-0.1, -0.05) is 13.8 Å². The molecule has 2 rings (SSSR count). The number of hydrogen-bond acceptors (Lipinski definition) is 5. The van der Waals surface area contributed by atoms with Crippen LogP contribution in [0.4, 0.5) is 0 Å². The van der Waals surface area contributed by atoms with Crippen molar-refractivity contribution < 1.29 is 14.3 Å². The second-order valence-electron chi connectivity index (χ2n) is 6.55. The molecule has 6 heteroatoms. The maximum absolute atomic E-state index is 12.4. The van der Waals surface area contributed by atoms with E-state index in [-0.39, 0.29) is 17.4 Å². The minimum absolute atomic E-state index is 0.0586. The first kappa shape index (κ1) is 16.7. The van der Waals surface area contributed by atoms with Crippen LogP contribution in [0.15, 0.2) is 0 Å². The summed E-state index contributed by atoms with van der Waals surface area (Å²) < 4.78 is 11.0. The molecule has 0 aromatic rings. The number of ether oxygens (including phenoxy) is 2. The number of hydrogen-bond donors (Lipinski definition) is 2. The summed E-state index contributed by atoms with van der Waals surface area (Å²) in [4.78, 5) is 14.7. The van der Waals surface area contributed by atoms with Gasteiger partial charge >= 0.3 is 0 Å². The largest absolute Gasteiger partial charge is 0.379 e. The van der Waals surface area contributed by atoms with Crippen molar-refractivity contribution in [2.24, 2.45) is 11.1 Å². The SMILES string of the molecule is CCOC1CC(N)(C(=O)NCCN2CCOCC2)C1(C)C. The molecule has 122 valence electrons. The van der Waals surface area contributed by atoms with E-state index in [9.17, 15) is 4.79 Å². The molecule has 21 heavy (non-hydrogen) atoms. The highest BCUT2D eigenvalue weighted by Crippen LogP contribution is 2.49. The summed E-state index contributed by atoms with van der Waals surface area (Å²) in [5.41, 5.74) is 5.19. The van der Waals surface area contributed by atoms with Crippen molar-refractivity contribution in [1.29, 1.82) is 0 Å². The van der Waals surface area contributed by atoms with Gasteiger partial charge in [0.25, 0.3) is 0 Å². The van der Waals surface area contributed by atoms with Crippen molar-refractivity contribution in [2.75, 3.05) is 46.0 Å². The Labute approximate surface area is 127 Å². The van der Waals surface area contributed by atoms with E-state index in [0.29, 0.717) is 19.6 Å². The van der Waals surface area contributed by atoms with E-state index in [0.717, 1.165) is 32.8 Å². The molecule has 0 aromatic carbocycles. The first-order valence-electron chi connectivity index (χ1n) is 7.90. The first-order valence-corrected chi connectivity index (χ1v) is 7.90. The lowest BCUT2D eigenvalue weighted by Crippen LogP contribution is -2.76. The number of rotatable bonds is 6. The van der Waals surface area contributed by atoms with Crippen LogP contribution < -0.4 is 11.1 Å². The number of morpholine rings is 1. The summed E-state index contributed by atoms with van der Waals surface area (Å²) in [7, 11) is 0. The molecule has 3 N–H and O–H groups in total. The quantitative estimate of drug-likeness (QED) is 0.720. The van der Waals surface area contributed by atoms with Crippen molar-refractivity contribution in [3.8, 4) is 0 Å². The molecule has 0 radical (unpaired) electrons. The van der Waals surface area contributed by atoms with Gasteiger partial charge in [0.1, 0.15) is 5.54 Å². The molecule has 2 aliphatic rings. The fourth-order valence-corrected chi connectivity index (χ4v) is 3.13. The number of nitrogens with zero attached hydrogens (tertiary/aromatic N) is 1. The number of carbonyl (C=O) groups is 1. The van der Waals surface area contributed by atoms with Crippen LogP contribution in [0.2, 0.25) is 0 Å². The zero-order chi connectivity index (χ0) is 15.5. The Kier molecular flexibility index (Phi) is 5.24. The molecule has 0 bridgehead atoms. The molecule has 1 heterocycles. The van der Waals surface area contributed by atoms with Crippen LogP contribution in [-0.2, 0) is 14.3 Å². The number of nitrogens with one attached hydrogen (secondary N) is 1. The maximum atomic E-state index is 12.4. The van der Waals surface area contributed by atoms with E-state index >= 15 is 0 Å². The van der Waals surface area contributed by atoms with Crippen molar-refractivity contribution in [3.05, 3.63) is 0 Å². The lowest BCUT2D eigenvalue weighted by Gasteiger charge is -2.57. The minimum atomic E-state index is -0.822. The third-order valence-corrected chi connectivity index (χ3v) is 5.05. The summed E-state index contributed by atoms with van der Waals surface area (Å²) in [6.07, 6.45) is 0.662. The van der Waals surface area contributed by atoms with Crippen LogP contribution in [0, 0.1) is 5.41 Å². The van der Waals surface area contributed by atoms with Crippen LogP contribution in [0.5, 0.6) is 0 Å². The summed E-state index contributed by atoms with van der Waals surface area (Å²) >= 11 is 0. The molecule has 0 aromatic heterocycles. The molecular weight excluding hydrogens is 270 g/mol. The van der Waals surface area contributed by atoms with Gasteiger partial charge in [0.2, 0.25) is 5.91 Å². The van der Waals surface area contributed by atoms with Crippen LogP contribution in [0.3, 0.4) is 0 Å². The van der Waals surface area contributed by atoms with E-state index in [1.165, 1.54) is 0 Å². The minimum Gasteiger partial charge on any atom is -0.379 e. The zero-order valence-corrected chi connectivity index (χ0v) is 13.5. The highest BCUT2D eigenvalue weighted by atomic mass is 16.5. The van der Waals surface area contributed by atoms with Crippen LogP contribution >= 0.6 is 0 Å². The average Bonchev–Trinajstić information content (AvgIpc) is 2.47. The van der Waals surface area contributed by atoms with E-state index in [1.807, 2.05) is 20.8 Å². The summed E-state index contributed by atoms with van der Waals surface area (Å²) in [5.74, 6) is -0.0586. The Morgan fingerprint density at radius 3 is 2.67 bits per heavy atom. The van der Waals surface area contributed by atoms with E-state index in [4.69, 9.17) is 15.2 Å². The third kappa shape index (κ3) is 3.23. The molecule has 1 aliphatic heterocycles. The van der Waals surface area contributed by atoms with Gasteiger partial charge in [-0.25, -0.2) is 0 Å². The van der Waals surface area contributed by atoms with Crippen LogP contribution in [0.1, 0.15) is 27.2 Å². The Hall–Kier alpha value is -0.690. The second kappa shape index (κ2) is 6.60. The fraction of sp³-hybridized carbons (Fsp3) is 0.933. The van der Waals surface area contributed by atoms with Gasteiger partial charge in [-0.3, -0.25) is 9.69 Å². The molecule has 1 saturated heterocycles. The van der Waals surface area contributed by atoms with E-state index in [1.54, 1.807) is 0 Å². The molecule has 1 amide bonds. The van der Waals surface area contributed by atoms with E-state index < -0.39 is 5.54 Å². The second-order valence-corrected chi connectivity index (χ2v) is 6.55. The predicted octanol–water partition coefficient (Wildman–Crippen LogP) is -0.0327. The molecule has 6 nitrogen and oxygen atoms in total. The highest BCUT2D eigenvalue weighted by molar-refractivity contribution is 5.88. The zero-order valence-electron chi connectivity index (χ0n) is 13.5. The van der Waals surface area contributed by atoms with Gasteiger partial charge in [0, 0.05) is 44.6 Å². The lowest BCUT2D eigenvalue weighted by atomic mass is 9.54. The topological polar surface area (TPSA) is 76.8 Å². The fourth-order valence-electron chi connectivity index (χ4n) is 3.13. The Bertz CT molecular complexity index is 369. The van der Waals surface area contributed by atoms with Crippen molar-refractivity contribution in [1.82, 2.24) is 10.2 Å². The Morgan fingerprint density at radius 1 is 1.43 bits per heavy atom. The smallest absolute Gasteiger partial charge is 0.240 e. The molecule has 1 saturated carbocycles. The number of nitrogens with two attached hydrogens (primary N) is 1. The van der Waals surface area contributed by atoms with Crippen molar-refractivity contribution in [3.63, 3.8) is 0 Å². The monoisotopic (exact) mass is 299 g/mol. The van der Waals surface area contributed by atoms with Crippen molar-refractivity contribution in [2.45, 2.75) is 38.8 Å². The summed E-state index contributed by atoms with van der Waals surface area (Å²) in [6.45, 7) is 11.5. The normalized spacial score (nSPS) is 32.5. The van der Waals surface area contributed by atoms with E-state index in [2.05, 4.69) is 10.2 Å². The van der Waals surface area contributed by atoms with Crippen molar-refractivity contribution >= 4 is 5.91 Å². The molecule has 0 spiro atoms. The van der Waals surface area contributed by atoms with Gasteiger partial charge in [-0.15, -0.1) is 0 Å².